The van der Waals surface area contributed by atoms with Crippen LogP contribution in [-0.2, 0) is 0 Å². The molecule has 0 radical (unpaired) electrons. The number of benzene rings is 2. The number of rotatable bonds is 5. The molecule has 0 saturated heterocycles. The summed E-state index contributed by atoms with van der Waals surface area (Å²) in [6, 6.07) is 13.6. The minimum atomic E-state index is -1.07. The lowest BCUT2D eigenvalue weighted by Gasteiger charge is -2.29. The van der Waals surface area contributed by atoms with Gasteiger partial charge in [-0.1, -0.05) is 59.8 Å². The summed E-state index contributed by atoms with van der Waals surface area (Å²) in [5.41, 5.74) is 1.53. The number of carboxylic acid groups (broad SMARTS) is 1. The molecule has 4 nitrogen and oxygen atoms in total. The molecular weight excluding hydrogens is 477 g/mol. The predicted molar refractivity (Wildman–Crippen MR) is 127 cm³/mol. The quantitative estimate of drug-likeness (QED) is 0.396. The van der Waals surface area contributed by atoms with Crippen LogP contribution in [0, 0.1) is 0 Å². The van der Waals surface area contributed by atoms with Crippen LogP contribution >= 0.6 is 46.1 Å². The summed E-state index contributed by atoms with van der Waals surface area (Å²) in [5, 5.41) is 11.2. The van der Waals surface area contributed by atoms with Crippen LogP contribution in [0.4, 0.5) is 5.69 Å². The third kappa shape index (κ3) is 4.60. The molecule has 31 heavy (non-hydrogen) atoms. The Kier molecular flexibility index (Phi) is 6.58. The molecule has 0 aliphatic heterocycles. The molecule has 1 amide bonds. The minimum Gasteiger partial charge on any atom is -0.477 e. The van der Waals surface area contributed by atoms with E-state index >= 15 is 0 Å². The maximum Gasteiger partial charge on any atom is 0.348 e. The van der Waals surface area contributed by atoms with E-state index in [1.165, 1.54) is 6.07 Å². The molecule has 3 aromatic rings. The maximum absolute atomic E-state index is 13.6. The first-order valence-electron chi connectivity index (χ1n) is 9.77. The number of nitrogens with zero attached hydrogens (tertiary/aromatic N) is 1. The van der Waals surface area contributed by atoms with Gasteiger partial charge in [0.25, 0.3) is 5.91 Å². The largest absolute Gasteiger partial charge is 0.477 e. The van der Waals surface area contributed by atoms with Crippen molar-refractivity contribution >= 4 is 63.7 Å². The second kappa shape index (κ2) is 9.21. The number of carbonyl (C=O) groups excluding carboxylic acids is 1. The number of hydrogen-bond acceptors (Lipinski definition) is 3. The molecule has 0 unspecified atom stereocenters. The maximum atomic E-state index is 13.6. The Morgan fingerprint density at radius 3 is 2.19 bits per heavy atom. The number of thiophene rings is 1. The van der Waals surface area contributed by atoms with E-state index in [-0.39, 0.29) is 21.8 Å². The summed E-state index contributed by atoms with van der Waals surface area (Å²) < 4.78 is 0. The monoisotopic (exact) mass is 493 g/mol. The summed E-state index contributed by atoms with van der Waals surface area (Å²) >= 11 is 19.5. The van der Waals surface area contributed by atoms with Gasteiger partial charge in [0.1, 0.15) is 4.88 Å². The Labute approximate surface area is 199 Å². The molecule has 0 atom stereocenters. The van der Waals surface area contributed by atoms with Crippen LogP contribution in [0.15, 0.2) is 48.5 Å². The van der Waals surface area contributed by atoms with Crippen molar-refractivity contribution in [2.75, 3.05) is 4.90 Å². The number of amides is 1. The lowest BCUT2D eigenvalue weighted by atomic mass is 10.1. The van der Waals surface area contributed by atoms with Gasteiger partial charge in [0, 0.05) is 21.0 Å². The average molecular weight is 495 g/mol. The molecule has 1 aromatic heterocycles. The van der Waals surface area contributed by atoms with Gasteiger partial charge in [-0.2, -0.15) is 0 Å². The molecular formula is C23H18Cl3NO3S. The summed E-state index contributed by atoms with van der Waals surface area (Å²) in [6.07, 6.45) is 3.59. The Hall–Kier alpha value is -2.05. The summed E-state index contributed by atoms with van der Waals surface area (Å²) in [7, 11) is 0. The van der Waals surface area contributed by atoms with E-state index in [4.69, 9.17) is 34.8 Å². The Morgan fingerprint density at radius 2 is 1.58 bits per heavy atom. The van der Waals surface area contributed by atoms with Crippen molar-refractivity contribution in [1.82, 2.24) is 0 Å². The number of halogens is 3. The van der Waals surface area contributed by atoms with E-state index in [9.17, 15) is 14.7 Å². The van der Waals surface area contributed by atoms with Crippen LogP contribution in [0.1, 0.15) is 45.7 Å². The van der Waals surface area contributed by atoms with E-state index in [1.807, 2.05) is 12.1 Å². The standard InChI is InChI=1S/C23H18Cl3NO3S/c24-14-7-5-13(6-8-14)20-12-19(21(31-20)23(29)30)27(16-3-1-2-4-16)22(28)17-10-9-15(25)11-18(17)26/h5-12,16H,1-4H2,(H,29,30). The third-order valence-corrected chi connectivity index (χ3v) is 7.33. The van der Waals surface area contributed by atoms with Crippen molar-refractivity contribution in [3.8, 4) is 10.4 Å². The smallest absolute Gasteiger partial charge is 0.348 e. The van der Waals surface area contributed by atoms with Crippen LogP contribution in [0.3, 0.4) is 0 Å². The second-order valence-electron chi connectivity index (χ2n) is 7.37. The second-order valence-corrected chi connectivity index (χ2v) is 9.71. The van der Waals surface area contributed by atoms with Crippen molar-refractivity contribution in [2.24, 2.45) is 0 Å². The lowest BCUT2D eigenvalue weighted by molar-refractivity contribution is 0.0703. The van der Waals surface area contributed by atoms with Gasteiger partial charge in [-0.25, -0.2) is 4.79 Å². The Balaban J connectivity index is 1.83. The highest BCUT2D eigenvalue weighted by Crippen LogP contribution is 2.41. The van der Waals surface area contributed by atoms with Gasteiger partial charge in [-0.15, -0.1) is 11.3 Å². The molecule has 1 fully saturated rings. The van der Waals surface area contributed by atoms with E-state index < -0.39 is 5.97 Å². The van der Waals surface area contributed by atoms with E-state index in [2.05, 4.69) is 0 Å². The summed E-state index contributed by atoms with van der Waals surface area (Å²) in [4.78, 5) is 28.2. The van der Waals surface area contributed by atoms with Crippen molar-refractivity contribution in [1.29, 1.82) is 0 Å². The molecule has 1 aliphatic carbocycles. The minimum absolute atomic E-state index is 0.0926. The Bertz CT molecular complexity index is 1140. The number of carbonyl (C=O) groups is 2. The average Bonchev–Trinajstić information content (AvgIpc) is 3.39. The van der Waals surface area contributed by atoms with Crippen molar-refractivity contribution in [2.45, 2.75) is 31.7 Å². The molecule has 8 heteroatoms. The highest BCUT2D eigenvalue weighted by atomic mass is 35.5. The summed E-state index contributed by atoms with van der Waals surface area (Å²) in [6.45, 7) is 0. The zero-order chi connectivity index (χ0) is 22.1. The van der Waals surface area contributed by atoms with E-state index in [1.54, 1.807) is 35.2 Å². The fourth-order valence-corrected chi connectivity index (χ4v) is 5.51. The fourth-order valence-electron chi connectivity index (χ4n) is 3.90. The van der Waals surface area contributed by atoms with Crippen LogP contribution < -0.4 is 4.90 Å². The zero-order valence-electron chi connectivity index (χ0n) is 16.3. The van der Waals surface area contributed by atoms with Gasteiger partial charge in [0.05, 0.1) is 16.3 Å². The predicted octanol–water partition coefficient (Wildman–Crippen LogP) is 7.66. The van der Waals surface area contributed by atoms with Gasteiger partial charge < -0.3 is 10.0 Å². The Morgan fingerprint density at radius 1 is 0.935 bits per heavy atom. The fraction of sp³-hybridized carbons (Fsp3) is 0.217. The number of aromatic carboxylic acids is 1. The van der Waals surface area contributed by atoms with Crippen molar-refractivity contribution in [3.05, 3.63) is 74.0 Å². The van der Waals surface area contributed by atoms with Gasteiger partial charge in [-0.05, 0) is 54.8 Å². The number of anilines is 1. The van der Waals surface area contributed by atoms with E-state index in [0.717, 1.165) is 47.5 Å². The molecule has 1 saturated carbocycles. The van der Waals surface area contributed by atoms with Crippen LogP contribution in [0.5, 0.6) is 0 Å². The van der Waals surface area contributed by atoms with E-state index in [0.29, 0.717) is 21.3 Å². The molecule has 4 rings (SSSR count). The van der Waals surface area contributed by atoms with Crippen LogP contribution in [0.25, 0.3) is 10.4 Å². The topological polar surface area (TPSA) is 57.6 Å². The highest BCUT2D eigenvalue weighted by Gasteiger charge is 2.34. The first-order valence-corrected chi connectivity index (χ1v) is 11.7. The van der Waals surface area contributed by atoms with Gasteiger partial charge in [0.15, 0.2) is 0 Å². The SMILES string of the molecule is O=C(O)c1sc(-c2ccc(Cl)cc2)cc1N(C(=O)c1ccc(Cl)cc1Cl)C1CCCC1. The highest BCUT2D eigenvalue weighted by molar-refractivity contribution is 7.18. The van der Waals surface area contributed by atoms with Crippen LogP contribution in [-0.4, -0.2) is 23.0 Å². The first-order chi connectivity index (χ1) is 14.8. The normalized spacial score (nSPS) is 14.0. The summed E-state index contributed by atoms with van der Waals surface area (Å²) in [5.74, 6) is -1.39. The lowest BCUT2D eigenvalue weighted by Crippen LogP contribution is -2.39. The molecule has 0 spiro atoms. The first kappa shape index (κ1) is 22.2. The molecule has 2 aromatic carbocycles. The molecule has 1 N–H and O–H groups in total. The van der Waals surface area contributed by atoms with Crippen LogP contribution in [0.2, 0.25) is 15.1 Å². The third-order valence-electron chi connectivity index (χ3n) is 5.37. The molecule has 0 bridgehead atoms. The number of hydrogen-bond donors (Lipinski definition) is 1. The van der Waals surface area contributed by atoms with Crippen molar-refractivity contribution in [3.63, 3.8) is 0 Å². The van der Waals surface area contributed by atoms with Gasteiger partial charge >= 0.3 is 5.97 Å². The van der Waals surface area contributed by atoms with Gasteiger partial charge in [-0.3, -0.25) is 4.79 Å². The van der Waals surface area contributed by atoms with Crippen molar-refractivity contribution < 1.29 is 14.7 Å². The molecule has 1 heterocycles. The van der Waals surface area contributed by atoms with Gasteiger partial charge in [0.2, 0.25) is 0 Å². The molecule has 160 valence electrons. The number of carboxylic acids is 1. The molecule has 1 aliphatic rings. The zero-order valence-corrected chi connectivity index (χ0v) is 19.4.